The Morgan fingerprint density at radius 2 is 1.76 bits per heavy atom. The molecule has 1 heterocycles. The Bertz CT molecular complexity index is 555. The Kier molecular flexibility index (Phi) is 6.46. The molecule has 7 heteroatoms. The Morgan fingerprint density at radius 3 is 2.29 bits per heavy atom. The molecule has 1 saturated heterocycles. The van der Waals surface area contributed by atoms with Gasteiger partial charge in [0.15, 0.2) is 0 Å². The van der Waals surface area contributed by atoms with Crippen molar-refractivity contribution >= 4 is 22.4 Å². The van der Waals surface area contributed by atoms with Crippen molar-refractivity contribution in [3.8, 4) is 5.75 Å². The van der Waals surface area contributed by atoms with Crippen molar-refractivity contribution in [3.63, 3.8) is 0 Å². The molecule has 0 aliphatic carbocycles. The molecule has 1 fully saturated rings. The molecular weight excluding hydrogens is 312 g/mol. The highest BCUT2D eigenvalue weighted by Crippen LogP contribution is 2.22. The van der Waals surface area contributed by atoms with E-state index in [1.807, 2.05) is 0 Å². The fourth-order valence-corrected chi connectivity index (χ4v) is 3.83. The van der Waals surface area contributed by atoms with Gasteiger partial charge in [0.2, 0.25) is 10.0 Å². The molecule has 0 spiro atoms. The molecule has 5 nitrogen and oxygen atoms in total. The van der Waals surface area contributed by atoms with E-state index in [9.17, 15) is 8.42 Å². The number of piperazine rings is 1. The molecule has 0 bridgehead atoms. The predicted molar refractivity (Wildman–Crippen MR) is 85.7 cm³/mol. The van der Waals surface area contributed by atoms with Gasteiger partial charge in [-0.2, -0.15) is 4.31 Å². The maximum absolute atomic E-state index is 12.6. The van der Waals surface area contributed by atoms with Crippen molar-refractivity contribution in [2.45, 2.75) is 24.8 Å². The number of halogens is 1. The maximum Gasteiger partial charge on any atom is 0.243 e. The van der Waals surface area contributed by atoms with Crippen LogP contribution in [0.25, 0.3) is 0 Å². The summed E-state index contributed by atoms with van der Waals surface area (Å²) >= 11 is 0. The summed E-state index contributed by atoms with van der Waals surface area (Å²) in [6.07, 6.45) is 0. The van der Waals surface area contributed by atoms with Crippen LogP contribution in [0.1, 0.15) is 13.8 Å². The molecule has 1 aromatic rings. The highest BCUT2D eigenvalue weighted by Gasteiger charge is 2.29. The van der Waals surface area contributed by atoms with Crippen LogP contribution in [0.15, 0.2) is 29.2 Å². The summed E-state index contributed by atoms with van der Waals surface area (Å²) in [6, 6.07) is 7.10. The molecule has 1 aliphatic rings. The zero-order valence-corrected chi connectivity index (χ0v) is 14.3. The van der Waals surface area contributed by atoms with Gasteiger partial charge in [-0.15, -0.1) is 12.4 Å². The topological polar surface area (TPSA) is 49.9 Å². The summed E-state index contributed by atoms with van der Waals surface area (Å²) in [6.45, 7) is 6.90. The normalized spacial score (nSPS) is 17.5. The molecule has 2 rings (SSSR count). The van der Waals surface area contributed by atoms with E-state index in [1.165, 1.54) is 7.11 Å². The quantitative estimate of drug-likeness (QED) is 0.843. The van der Waals surface area contributed by atoms with Crippen LogP contribution in [0, 0.1) is 0 Å². The van der Waals surface area contributed by atoms with Crippen LogP contribution in [0.4, 0.5) is 0 Å². The Labute approximate surface area is 133 Å². The molecule has 0 amide bonds. The van der Waals surface area contributed by atoms with Crippen molar-refractivity contribution in [2.24, 2.45) is 0 Å². The van der Waals surface area contributed by atoms with Crippen molar-refractivity contribution in [2.75, 3.05) is 33.3 Å². The second kappa shape index (κ2) is 7.45. The third kappa shape index (κ3) is 4.10. The van der Waals surface area contributed by atoms with Gasteiger partial charge in [0, 0.05) is 38.3 Å². The Morgan fingerprint density at radius 1 is 1.14 bits per heavy atom. The molecule has 21 heavy (non-hydrogen) atoms. The minimum absolute atomic E-state index is 0. The lowest BCUT2D eigenvalue weighted by Crippen LogP contribution is -2.50. The van der Waals surface area contributed by atoms with Gasteiger partial charge in [0.25, 0.3) is 0 Å². The number of benzene rings is 1. The zero-order chi connectivity index (χ0) is 14.8. The molecular formula is C14H23ClN2O3S. The number of nitrogens with zero attached hydrogens (tertiary/aromatic N) is 2. The van der Waals surface area contributed by atoms with E-state index in [2.05, 4.69) is 18.7 Å². The summed E-state index contributed by atoms with van der Waals surface area (Å²) in [7, 11) is -1.88. The van der Waals surface area contributed by atoms with Gasteiger partial charge in [-0.3, -0.25) is 4.90 Å². The van der Waals surface area contributed by atoms with Gasteiger partial charge in [0.1, 0.15) is 5.75 Å². The van der Waals surface area contributed by atoms with Gasteiger partial charge >= 0.3 is 0 Å². The third-order valence-electron chi connectivity index (χ3n) is 3.68. The molecule has 0 atom stereocenters. The molecule has 120 valence electrons. The SMILES string of the molecule is COc1cccc(S(=O)(=O)N2CCN(C(C)C)CC2)c1.Cl. The molecule has 0 radical (unpaired) electrons. The summed E-state index contributed by atoms with van der Waals surface area (Å²) in [5.41, 5.74) is 0. The van der Waals surface area contributed by atoms with Gasteiger partial charge in [-0.05, 0) is 26.0 Å². The fourth-order valence-electron chi connectivity index (χ4n) is 2.37. The molecule has 0 N–H and O–H groups in total. The maximum atomic E-state index is 12.6. The molecule has 0 unspecified atom stereocenters. The van der Waals surface area contributed by atoms with E-state index in [0.717, 1.165) is 13.1 Å². The first kappa shape index (κ1) is 18.2. The minimum Gasteiger partial charge on any atom is -0.497 e. The second-order valence-corrected chi connectivity index (χ2v) is 7.15. The Hall–Kier alpha value is -0.820. The summed E-state index contributed by atoms with van der Waals surface area (Å²) in [5.74, 6) is 0.562. The lowest BCUT2D eigenvalue weighted by atomic mass is 10.3. The number of methoxy groups -OCH3 is 1. The van der Waals surface area contributed by atoms with Gasteiger partial charge in [-0.1, -0.05) is 6.07 Å². The second-order valence-electron chi connectivity index (χ2n) is 5.21. The van der Waals surface area contributed by atoms with E-state index < -0.39 is 10.0 Å². The van der Waals surface area contributed by atoms with Gasteiger partial charge in [-0.25, -0.2) is 8.42 Å². The van der Waals surface area contributed by atoms with Crippen molar-refractivity contribution < 1.29 is 13.2 Å². The first-order chi connectivity index (χ1) is 9.45. The first-order valence-corrected chi connectivity index (χ1v) is 8.27. The summed E-state index contributed by atoms with van der Waals surface area (Å²) in [4.78, 5) is 2.59. The van der Waals surface area contributed by atoms with Crippen LogP contribution >= 0.6 is 12.4 Å². The van der Waals surface area contributed by atoms with Crippen LogP contribution in [-0.4, -0.2) is 57.0 Å². The minimum atomic E-state index is -3.42. The van der Waals surface area contributed by atoms with Crippen molar-refractivity contribution in [3.05, 3.63) is 24.3 Å². The number of hydrogen-bond donors (Lipinski definition) is 0. The van der Waals surface area contributed by atoms with Crippen LogP contribution in [-0.2, 0) is 10.0 Å². The van der Waals surface area contributed by atoms with E-state index in [1.54, 1.807) is 28.6 Å². The number of sulfonamides is 1. The third-order valence-corrected chi connectivity index (χ3v) is 5.58. The summed E-state index contributed by atoms with van der Waals surface area (Å²) < 4.78 is 31.8. The standard InChI is InChI=1S/C14H22N2O3S.ClH/c1-12(2)15-7-9-16(10-8-15)20(17,18)14-6-4-5-13(11-14)19-3;/h4-6,11-12H,7-10H2,1-3H3;1H. The van der Waals surface area contributed by atoms with Crippen molar-refractivity contribution in [1.29, 1.82) is 0 Å². The largest absolute Gasteiger partial charge is 0.497 e. The smallest absolute Gasteiger partial charge is 0.243 e. The first-order valence-electron chi connectivity index (χ1n) is 6.83. The van der Waals surface area contributed by atoms with E-state index in [0.29, 0.717) is 29.8 Å². The summed E-state index contributed by atoms with van der Waals surface area (Å²) in [5, 5.41) is 0. The Balaban J connectivity index is 0.00000220. The molecule has 0 aromatic heterocycles. The van der Waals surface area contributed by atoms with Crippen LogP contribution < -0.4 is 4.74 Å². The van der Waals surface area contributed by atoms with E-state index in [4.69, 9.17) is 4.74 Å². The van der Waals surface area contributed by atoms with Crippen molar-refractivity contribution in [1.82, 2.24) is 9.21 Å². The predicted octanol–water partition coefficient (Wildman–Crippen LogP) is 1.83. The van der Waals surface area contributed by atoms with Gasteiger partial charge < -0.3 is 4.74 Å². The molecule has 0 saturated carbocycles. The molecule has 1 aromatic carbocycles. The van der Waals surface area contributed by atoms with E-state index >= 15 is 0 Å². The molecule has 1 aliphatic heterocycles. The monoisotopic (exact) mass is 334 g/mol. The highest BCUT2D eigenvalue weighted by atomic mass is 35.5. The number of ether oxygens (including phenoxy) is 1. The highest BCUT2D eigenvalue weighted by molar-refractivity contribution is 7.89. The lowest BCUT2D eigenvalue weighted by molar-refractivity contribution is 0.154. The van der Waals surface area contributed by atoms with Crippen LogP contribution in [0.5, 0.6) is 5.75 Å². The van der Waals surface area contributed by atoms with Gasteiger partial charge in [0.05, 0.1) is 12.0 Å². The average molecular weight is 335 g/mol. The zero-order valence-electron chi connectivity index (χ0n) is 12.7. The lowest BCUT2D eigenvalue weighted by Gasteiger charge is -2.36. The van der Waals surface area contributed by atoms with Crippen LogP contribution in [0.3, 0.4) is 0 Å². The van der Waals surface area contributed by atoms with Crippen LogP contribution in [0.2, 0.25) is 0 Å². The number of hydrogen-bond acceptors (Lipinski definition) is 4. The average Bonchev–Trinajstić information content (AvgIpc) is 2.47. The fraction of sp³-hybridized carbons (Fsp3) is 0.571. The van der Waals surface area contributed by atoms with E-state index in [-0.39, 0.29) is 12.4 Å². The number of rotatable bonds is 4.